The van der Waals surface area contributed by atoms with Gasteiger partial charge < -0.3 is 15.2 Å². The first kappa shape index (κ1) is 11.1. The van der Waals surface area contributed by atoms with Crippen molar-refractivity contribution >= 4 is 23.7 Å². The molecule has 0 amide bonds. The second-order valence-electron chi connectivity index (χ2n) is 3.55. The molecule has 0 radical (unpaired) electrons. The van der Waals surface area contributed by atoms with Crippen LogP contribution in [0.1, 0.15) is 25.3 Å². The van der Waals surface area contributed by atoms with E-state index < -0.39 is 0 Å². The average molecular weight is 237 g/mol. The molecular formula is C11H15N3OS. The fourth-order valence-corrected chi connectivity index (χ4v) is 2.00. The first-order valence-corrected chi connectivity index (χ1v) is 6.12. The first-order chi connectivity index (χ1) is 7.83. The lowest BCUT2D eigenvalue weighted by atomic mass is 10.1. The van der Waals surface area contributed by atoms with Gasteiger partial charge in [-0.25, -0.2) is 0 Å². The van der Waals surface area contributed by atoms with E-state index in [4.69, 9.17) is 10.5 Å². The molecule has 2 rings (SSSR count). The second kappa shape index (κ2) is 5.12. The van der Waals surface area contributed by atoms with Gasteiger partial charge >= 0.3 is 0 Å². The van der Waals surface area contributed by atoms with Crippen LogP contribution in [0.2, 0.25) is 0 Å². The number of ether oxygens (including phenoxy) is 1. The molecule has 1 aliphatic heterocycles. The minimum atomic E-state index is 0.519. The minimum absolute atomic E-state index is 0.519. The summed E-state index contributed by atoms with van der Waals surface area (Å²) in [6.45, 7) is 2.85. The van der Waals surface area contributed by atoms with Crippen LogP contribution in [0.15, 0.2) is 22.6 Å². The number of nitrogens with one attached hydrogen (secondary N) is 1. The summed E-state index contributed by atoms with van der Waals surface area (Å²) in [7, 11) is 0. The van der Waals surface area contributed by atoms with Gasteiger partial charge in [-0.2, -0.15) is 4.40 Å². The smallest absolute Gasteiger partial charge is 0.146 e. The maximum Gasteiger partial charge on any atom is 0.146 e. The van der Waals surface area contributed by atoms with Gasteiger partial charge in [-0.15, -0.1) is 0 Å². The van der Waals surface area contributed by atoms with E-state index in [1.54, 1.807) is 0 Å². The third-order valence-electron chi connectivity index (χ3n) is 2.34. The van der Waals surface area contributed by atoms with Crippen molar-refractivity contribution in [2.75, 3.05) is 11.3 Å². The molecule has 1 aliphatic rings. The summed E-state index contributed by atoms with van der Waals surface area (Å²) in [5, 5.41) is 0. The van der Waals surface area contributed by atoms with Gasteiger partial charge in [0.15, 0.2) is 0 Å². The first-order valence-electron chi connectivity index (χ1n) is 5.34. The molecule has 4 nitrogen and oxygen atoms in total. The number of benzene rings is 1. The summed E-state index contributed by atoms with van der Waals surface area (Å²) in [5.74, 6) is 1.32. The van der Waals surface area contributed by atoms with Crippen LogP contribution >= 0.6 is 12.1 Å². The fourth-order valence-electron chi connectivity index (χ4n) is 1.49. The van der Waals surface area contributed by atoms with Crippen molar-refractivity contribution in [1.29, 1.82) is 0 Å². The molecule has 0 saturated carbocycles. The Morgan fingerprint density at radius 2 is 2.38 bits per heavy atom. The Kier molecular flexibility index (Phi) is 3.56. The molecule has 0 fully saturated rings. The lowest BCUT2D eigenvalue weighted by Crippen LogP contribution is -2.19. The quantitative estimate of drug-likeness (QED) is 0.624. The molecule has 0 aromatic heterocycles. The molecule has 0 atom stereocenters. The number of rotatable bonds is 4. The van der Waals surface area contributed by atoms with E-state index in [2.05, 4.69) is 16.0 Å². The van der Waals surface area contributed by atoms with E-state index in [0.29, 0.717) is 12.4 Å². The number of hydrogen-bond acceptors (Lipinski definition) is 5. The maximum absolute atomic E-state index is 5.86. The van der Waals surface area contributed by atoms with Crippen LogP contribution in [0.25, 0.3) is 0 Å². The molecule has 0 aliphatic carbocycles. The summed E-state index contributed by atoms with van der Waals surface area (Å²) in [4.78, 5) is 0. The van der Waals surface area contributed by atoms with Crippen molar-refractivity contribution in [1.82, 2.24) is 0 Å². The lowest BCUT2D eigenvalue weighted by Gasteiger charge is -2.18. The van der Waals surface area contributed by atoms with E-state index in [1.807, 2.05) is 18.2 Å². The van der Waals surface area contributed by atoms with E-state index in [1.165, 1.54) is 12.1 Å². The Hall–Kier alpha value is -1.36. The molecule has 1 aromatic rings. The van der Waals surface area contributed by atoms with E-state index in [-0.39, 0.29) is 0 Å². The molecule has 16 heavy (non-hydrogen) atoms. The topological polar surface area (TPSA) is 59.6 Å². The molecule has 1 aromatic carbocycles. The molecular weight excluding hydrogens is 222 g/mol. The van der Waals surface area contributed by atoms with Crippen LogP contribution in [0, 0.1) is 0 Å². The predicted octanol–water partition coefficient (Wildman–Crippen LogP) is 2.56. The van der Waals surface area contributed by atoms with Gasteiger partial charge in [0.2, 0.25) is 0 Å². The zero-order chi connectivity index (χ0) is 11.4. The number of amidine groups is 1. The second-order valence-corrected chi connectivity index (χ2v) is 4.12. The van der Waals surface area contributed by atoms with Crippen molar-refractivity contribution in [2.45, 2.75) is 19.8 Å². The van der Waals surface area contributed by atoms with Crippen molar-refractivity contribution in [3.63, 3.8) is 0 Å². The van der Waals surface area contributed by atoms with Gasteiger partial charge in [-0.05, 0) is 18.6 Å². The van der Waals surface area contributed by atoms with E-state index >= 15 is 0 Å². The van der Waals surface area contributed by atoms with Crippen LogP contribution in [0.4, 0.5) is 5.69 Å². The Morgan fingerprint density at radius 3 is 3.19 bits per heavy atom. The highest BCUT2D eigenvalue weighted by Gasteiger charge is 2.16. The number of hydrogen-bond donors (Lipinski definition) is 2. The molecule has 1 heterocycles. The standard InChI is InChI=1S/C11H15N3OS/c1-2-3-7-15-9-6-4-5-8-10(9)11(12)14-16-13-8/h4-6,13H,2-3,7H2,1H3,(H2,12,14). The monoisotopic (exact) mass is 237 g/mol. The third-order valence-corrected chi connectivity index (χ3v) is 2.94. The average Bonchev–Trinajstić information content (AvgIpc) is 2.30. The van der Waals surface area contributed by atoms with Crippen LogP contribution in [-0.4, -0.2) is 12.4 Å². The van der Waals surface area contributed by atoms with E-state index in [9.17, 15) is 0 Å². The van der Waals surface area contributed by atoms with Gasteiger partial charge in [0, 0.05) is 0 Å². The Morgan fingerprint density at radius 1 is 1.50 bits per heavy atom. The van der Waals surface area contributed by atoms with E-state index in [0.717, 1.165) is 29.8 Å². The summed E-state index contributed by atoms with van der Waals surface area (Å²) in [6, 6.07) is 5.84. The number of nitrogens with zero attached hydrogens (tertiary/aromatic N) is 1. The van der Waals surface area contributed by atoms with Crippen LogP contribution < -0.4 is 15.2 Å². The number of anilines is 1. The van der Waals surface area contributed by atoms with Crippen LogP contribution in [0.5, 0.6) is 5.75 Å². The number of nitrogens with two attached hydrogens (primary N) is 1. The Labute approximate surface area is 99.5 Å². The summed E-state index contributed by atoms with van der Waals surface area (Å²) < 4.78 is 12.9. The molecule has 3 N–H and O–H groups in total. The fraction of sp³-hybridized carbons (Fsp3) is 0.364. The lowest BCUT2D eigenvalue weighted by molar-refractivity contribution is 0.309. The SMILES string of the molecule is CCCCOc1cccc2c1C(N)=NSN2. The maximum atomic E-state index is 5.86. The molecule has 0 bridgehead atoms. The molecule has 0 spiro atoms. The van der Waals surface area contributed by atoms with Gasteiger partial charge in [-0.1, -0.05) is 19.4 Å². The van der Waals surface area contributed by atoms with Gasteiger partial charge in [0.05, 0.1) is 30.0 Å². The minimum Gasteiger partial charge on any atom is -0.493 e. The Balaban J connectivity index is 2.23. The molecule has 0 unspecified atom stereocenters. The third kappa shape index (κ3) is 2.24. The van der Waals surface area contributed by atoms with Gasteiger partial charge in [-0.3, -0.25) is 0 Å². The normalized spacial score (nSPS) is 13.7. The number of fused-ring (bicyclic) bond motifs is 1. The van der Waals surface area contributed by atoms with Crippen molar-refractivity contribution in [3.05, 3.63) is 23.8 Å². The summed E-state index contributed by atoms with van der Waals surface area (Å²) in [6.07, 6.45) is 2.16. The molecule has 0 saturated heterocycles. The van der Waals surface area contributed by atoms with Crippen molar-refractivity contribution in [2.24, 2.45) is 10.1 Å². The van der Waals surface area contributed by atoms with Crippen molar-refractivity contribution in [3.8, 4) is 5.75 Å². The Bertz CT molecular complexity index is 406. The highest BCUT2D eigenvalue weighted by molar-refractivity contribution is 7.99. The molecule has 86 valence electrons. The summed E-state index contributed by atoms with van der Waals surface area (Å²) in [5.41, 5.74) is 7.70. The van der Waals surface area contributed by atoms with Crippen molar-refractivity contribution < 1.29 is 4.74 Å². The molecule has 5 heteroatoms. The van der Waals surface area contributed by atoms with Crippen LogP contribution in [0.3, 0.4) is 0 Å². The summed E-state index contributed by atoms with van der Waals surface area (Å²) >= 11 is 1.24. The van der Waals surface area contributed by atoms with Gasteiger partial charge in [0.25, 0.3) is 0 Å². The zero-order valence-corrected chi connectivity index (χ0v) is 10.0. The predicted molar refractivity (Wildman–Crippen MR) is 68.8 cm³/mol. The number of unbranched alkanes of at least 4 members (excludes halogenated alkanes) is 1. The zero-order valence-electron chi connectivity index (χ0n) is 9.19. The highest BCUT2D eigenvalue weighted by atomic mass is 32.2. The van der Waals surface area contributed by atoms with Gasteiger partial charge in [0.1, 0.15) is 11.6 Å². The highest BCUT2D eigenvalue weighted by Crippen LogP contribution is 2.32. The largest absolute Gasteiger partial charge is 0.493 e. The van der Waals surface area contributed by atoms with Crippen LogP contribution in [-0.2, 0) is 0 Å².